The van der Waals surface area contributed by atoms with E-state index in [2.05, 4.69) is 114 Å². The number of para-hydroxylation sites is 1. The largest absolute Gasteiger partial charge is 0.457 e. The fraction of sp³-hybridized carbons (Fsp3) is 0.135. The molecule has 6 nitrogen and oxygen atoms in total. The molecule has 1 aliphatic rings. The molecule has 6 heteroatoms. The van der Waals surface area contributed by atoms with E-state index in [9.17, 15) is 5.26 Å². The van der Waals surface area contributed by atoms with Crippen molar-refractivity contribution in [2.24, 2.45) is 0 Å². The van der Waals surface area contributed by atoms with Gasteiger partial charge in [0.05, 0.1) is 29.3 Å². The van der Waals surface area contributed by atoms with Crippen molar-refractivity contribution >= 4 is 33.2 Å². The summed E-state index contributed by atoms with van der Waals surface area (Å²) in [6.45, 7) is 7.34. The Morgan fingerprint density at radius 3 is 2.28 bits per heavy atom. The van der Waals surface area contributed by atoms with Gasteiger partial charge in [-0.3, -0.25) is 4.57 Å². The Labute approximate surface area is 251 Å². The average Bonchev–Trinajstić information content (AvgIpc) is 3.64. The number of benzene rings is 4. The second-order valence-corrected chi connectivity index (χ2v) is 11.8. The quantitative estimate of drug-likeness (QED) is 0.210. The van der Waals surface area contributed by atoms with Crippen LogP contribution in [0, 0.1) is 11.3 Å². The van der Waals surface area contributed by atoms with Gasteiger partial charge >= 0.3 is 0 Å². The zero-order valence-corrected chi connectivity index (χ0v) is 24.4. The Kier molecular flexibility index (Phi) is 6.36. The number of pyridine rings is 1. The molecule has 43 heavy (non-hydrogen) atoms. The molecule has 6 aromatic rings. The molecule has 0 bridgehead atoms. The van der Waals surface area contributed by atoms with E-state index in [1.807, 2.05) is 48.7 Å². The summed E-state index contributed by atoms with van der Waals surface area (Å²) >= 11 is 0. The van der Waals surface area contributed by atoms with E-state index in [0.29, 0.717) is 5.56 Å². The van der Waals surface area contributed by atoms with E-state index >= 15 is 0 Å². The first kappa shape index (κ1) is 26.4. The van der Waals surface area contributed by atoms with Gasteiger partial charge in [0.25, 0.3) is 0 Å². The van der Waals surface area contributed by atoms with E-state index in [1.54, 1.807) is 0 Å². The lowest BCUT2D eigenvalue weighted by Crippen LogP contribution is -2.24. The fourth-order valence-electron chi connectivity index (χ4n) is 5.62. The first-order chi connectivity index (χ1) is 20.9. The summed E-state index contributed by atoms with van der Waals surface area (Å²) in [5.41, 5.74) is 5.98. The Hall–Kier alpha value is -5.54. The number of fused-ring (bicyclic) bond motifs is 3. The molecule has 0 spiro atoms. The molecule has 0 saturated carbocycles. The lowest BCUT2D eigenvalue weighted by Gasteiger charge is -2.22. The second-order valence-electron chi connectivity index (χ2n) is 11.8. The van der Waals surface area contributed by atoms with Crippen molar-refractivity contribution in [1.82, 2.24) is 9.55 Å². The Bertz CT molecular complexity index is 2050. The first-order valence-electron chi connectivity index (χ1n) is 14.4. The average molecular weight is 562 g/mol. The standard InChI is InChI=1S/C37H31N5O/c1-37(2,3)27-16-17-39-36(21-27)42-34-15-12-26(24-38)20-33(34)32-14-13-31(23-35(32)42)43-30-11-7-10-29(22-30)41-19-18-40(25-41)28-8-5-4-6-9-28/h4-23H,25H2,1-3H3. The van der Waals surface area contributed by atoms with Gasteiger partial charge in [0.2, 0.25) is 0 Å². The number of rotatable bonds is 5. The molecule has 0 N–H and O–H groups in total. The van der Waals surface area contributed by atoms with Crippen LogP contribution in [0.5, 0.6) is 11.5 Å². The lowest BCUT2D eigenvalue weighted by atomic mass is 9.88. The molecule has 2 aromatic heterocycles. The van der Waals surface area contributed by atoms with Crippen molar-refractivity contribution in [3.63, 3.8) is 0 Å². The molecule has 3 heterocycles. The zero-order valence-electron chi connectivity index (χ0n) is 24.4. The van der Waals surface area contributed by atoms with Crippen molar-refractivity contribution < 1.29 is 4.74 Å². The summed E-state index contributed by atoms with van der Waals surface area (Å²) in [5.74, 6) is 2.31. The van der Waals surface area contributed by atoms with E-state index in [4.69, 9.17) is 9.72 Å². The summed E-state index contributed by atoms with van der Waals surface area (Å²) in [5, 5.41) is 11.7. The third-order valence-electron chi connectivity index (χ3n) is 7.91. The molecular formula is C37H31N5O. The first-order valence-corrected chi connectivity index (χ1v) is 14.4. The number of ether oxygens (including phenoxy) is 1. The van der Waals surface area contributed by atoms with Gasteiger partial charge < -0.3 is 14.5 Å². The van der Waals surface area contributed by atoms with Crippen LogP contribution >= 0.6 is 0 Å². The van der Waals surface area contributed by atoms with Crippen LogP contribution < -0.4 is 14.5 Å². The van der Waals surface area contributed by atoms with Gasteiger partial charge in [-0.1, -0.05) is 45.0 Å². The van der Waals surface area contributed by atoms with Crippen LogP contribution in [0.2, 0.25) is 0 Å². The summed E-state index contributed by atoms with van der Waals surface area (Å²) in [6, 6.07) is 36.9. The Morgan fingerprint density at radius 2 is 1.49 bits per heavy atom. The predicted molar refractivity (Wildman–Crippen MR) is 174 cm³/mol. The Morgan fingerprint density at radius 1 is 0.721 bits per heavy atom. The highest BCUT2D eigenvalue weighted by Crippen LogP contribution is 2.37. The van der Waals surface area contributed by atoms with Crippen molar-refractivity contribution in [3.05, 3.63) is 133 Å². The normalized spacial score (nSPS) is 13.2. The minimum atomic E-state index is -0.0215. The third-order valence-corrected chi connectivity index (χ3v) is 7.91. The molecule has 7 rings (SSSR count). The van der Waals surface area contributed by atoms with Gasteiger partial charge in [-0.2, -0.15) is 5.26 Å². The molecule has 0 aliphatic carbocycles. The Balaban J connectivity index is 1.25. The van der Waals surface area contributed by atoms with E-state index < -0.39 is 0 Å². The fourth-order valence-corrected chi connectivity index (χ4v) is 5.62. The van der Waals surface area contributed by atoms with Crippen LogP contribution in [0.15, 0.2) is 122 Å². The zero-order chi connectivity index (χ0) is 29.6. The van der Waals surface area contributed by atoms with E-state index in [0.717, 1.165) is 57.2 Å². The maximum atomic E-state index is 9.60. The molecule has 0 radical (unpaired) electrons. The summed E-state index contributed by atoms with van der Waals surface area (Å²) in [4.78, 5) is 9.18. The van der Waals surface area contributed by atoms with E-state index in [-0.39, 0.29) is 5.41 Å². The number of hydrogen-bond acceptors (Lipinski definition) is 5. The summed E-state index contributed by atoms with van der Waals surface area (Å²) in [6.07, 6.45) is 6.05. The number of anilines is 2. The second kappa shape index (κ2) is 10.4. The predicted octanol–water partition coefficient (Wildman–Crippen LogP) is 8.90. The highest BCUT2D eigenvalue weighted by atomic mass is 16.5. The summed E-state index contributed by atoms with van der Waals surface area (Å²) in [7, 11) is 0. The topological polar surface area (TPSA) is 57.3 Å². The van der Waals surface area contributed by atoms with Gasteiger partial charge in [-0.05, 0) is 77.7 Å². The van der Waals surface area contributed by atoms with Gasteiger partial charge in [0.15, 0.2) is 0 Å². The maximum absolute atomic E-state index is 9.60. The smallest absolute Gasteiger partial charge is 0.137 e. The highest BCUT2D eigenvalue weighted by Gasteiger charge is 2.19. The van der Waals surface area contributed by atoms with Gasteiger partial charge in [0, 0.05) is 52.9 Å². The van der Waals surface area contributed by atoms with Crippen LogP contribution in [0.3, 0.4) is 0 Å². The molecule has 0 atom stereocenters. The number of aromatic nitrogens is 2. The molecule has 1 aliphatic heterocycles. The molecule has 210 valence electrons. The van der Waals surface area contributed by atoms with Crippen LogP contribution in [0.25, 0.3) is 27.6 Å². The number of nitriles is 1. The molecule has 0 unspecified atom stereocenters. The van der Waals surface area contributed by atoms with Crippen LogP contribution in [-0.2, 0) is 5.41 Å². The van der Waals surface area contributed by atoms with Crippen LogP contribution in [0.1, 0.15) is 31.9 Å². The van der Waals surface area contributed by atoms with Gasteiger partial charge in [0.1, 0.15) is 17.3 Å². The van der Waals surface area contributed by atoms with Crippen LogP contribution in [-0.4, -0.2) is 16.2 Å². The minimum Gasteiger partial charge on any atom is -0.457 e. The minimum absolute atomic E-state index is 0.0215. The third kappa shape index (κ3) is 4.96. The number of nitrogens with zero attached hydrogens (tertiary/aromatic N) is 5. The number of hydrogen-bond donors (Lipinski definition) is 0. The monoisotopic (exact) mass is 561 g/mol. The lowest BCUT2D eigenvalue weighted by molar-refractivity contribution is 0.483. The maximum Gasteiger partial charge on any atom is 0.137 e. The van der Waals surface area contributed by atoms with Crippen LogP contribution in [0.4, 0.5) is 11.4 Å². The van der Waals surface area contributed by atoms with Crippen molar-refractivity contribution in [2.75, 3.05) is 16.5 Å². The van der Waals surface area contributed by atoms with Crippen molar-refractivity contribution in [3.8, 4) is 23.4 Å². The van der Waals surface area contributed by atoms with Crippen molar-refractivity contribution in [1.29, 1.82) is 5.26 Å². The van der Waals surface area contributed by atoms with Gasteiger partial charge in [-0.25, -0.2) is 4.98 Å². The van der Waals surface area contributed by atoms with E-state index in [1.165, 1.54) is 5.56 Å². The molecule has 0 fully saturated rings. The summed E-state index contributed by atoms with van der Waals surface area (Å²) < 4.78 is 8.62. The molecule has 0 amide bonds. The molecule has 4 aromatic carbocycles. The SMILES string of the molecule is CC(C)(C)c1ccnc(-n2c3ccc(C#N)cc3c3ccc(Oc4cccc(N5C=CN(c6ccccc6)C5)c4)cc32)c1. The molecule has 0 saturated heterocycles. The van der Waals surface area contributed by atoms with Gasteiger partial charge in [-0.15, -0.1) is 0 Å². The highest BCUT2D eigenvalue weighted by molar-refractivity contribution is 6.10. The molecular weight excluding hydrogens is 530 g/mol. The van der Waals surface area contributed by atoms with Crippen molar-refractivity contribution in [2.45, 2.75) is 26.2 Å².